The minimum Gasteiger partial charge on any atom is -0.504 e. The number of aromatic hydroxyl groups is 1. The van der Waals surface area contributed by atoms with Gasteiger partial charge >= 0.3 is 6.03 Å². The summed E-state index contributed by atoms with van der Waals surface area (Å²) in [6.07, 6.45) is 0. The normalized spacial score (nSPS) is 18.4. The molecule has 0 bridgehead atoms. The summed E-state index contributed by atoms with van der Waals surface area (Å²) in [5, 5.41) is 15.1. The van der Waals surface area contributed by atoms with Crippen LogP contribution in [-0.4, -0.2) is 24.0 Å². The quantitative estimate of drug-likeness (QED) is 0.782. The lowest BCUT2D eigenvalue weighted by molar-refractivity contribution is -0.114. The van der Waals surface area contributed by atoms with Gasteiger partial charge in [0.1, 0.15) is 0 Å². The number of hydrogen-bond donors (Lipinski definition) is 3. The van der Waals surface area contributed by atoms with Crippen molar-refractivity contribution in [1.82, 2.24) is 10.6 Å². The van der Waals surface area contributed by atoms with E-state index in [-0.39, 0.29) is 17.6 Å². The summed E-state index contributed by atoms with van der Waals surface area (Å²) in [5.74, 6) is 0.146. The van der Waals surface area contributed by atoms with Gasteiger partial charge in [0, 0.05) is 11.3 Å². The minimum atomic E-state index is -0.585. The van der Waals surface area contributed by atoms with Gasteiger partial charge in [0.05, 0.1) is 13.2 Å². The Kier molecular flexibility index (Phi) is 3.65. The fourth-order valence-electron chi connectivity index (χ4n) is 2.30. The van der Waals surface area contributed by atoms with Crippen molar-refractivity contribution in [2.24, 2.45) is 0 Å². The van der Waals surface area contributed by atoms with Crippen LogP contribution in [0.15, 0.2) is 29.5 Å². The molecule has 106 valence electrons. The highest BCUT2D eigenvalue weighted by atomic mass is 16.5. The zero-order valence-corrected chi connectivity index (χ0v) is 11.5. The fourth-order valence-corrected chi connectivity index (χ4v) is 2.30. The molecule has 0 spiro atoms. The molecule has 0 fully saturated rings. The predicted molar refractivity (Wildman–Crippen MR) is 72.4 cm³/mol. The molecule has 0 saturated carbocycles. The first-order chi connectivity index (χ1) is 9.43. The molecule has 0 aromatic heterocycles. The molecule has 1 heterocycles. The molecular weight excluding hydrogens is 260 g/mol. The van der Waals surface area contributed by atoms with Crippen molar-refractivity contribution < 1.29 is 19.4 Å². The lowest BCUT2D eigenvalue weighted by Crippen LogP contribution is -2.44. The van der Waals surface area contributed by atoms with Crippen LogP contribution >= 0.6 is 0 Å². The Morgan fingerprint density at radius 3 is 2.65 bits per heavy atom. The second kappa shape index (κ2) is 5.24. The number of allylic oxidation sites excluding steroid dienone is 1. The van der Waals surface area contributed by atoms with Crippen molar-refractivity contribution in [3.63, 3.8) is 0 Å². The predicted octanol–water partition coefficient (Wildman–Crippen LogP) is 1.62. The Morgan fingerprint density at radius 1 is 1.40 bits per heavy atom. The summed E-state index contributed by atoms with van der Waals surface area (Å²) in [4.78, 5) is 23.3. The van der Waals surface area contributed by atoms with Crippen LogP contribution in [-0.2, 0) is 4.79 Å². The van der Waals surface area contributed by atoms with Gasteiger partial charge in [0.2, 0.25) is 0 Å². The van der Waals surface area contributed by atoms with E-state index in [1.54, 1.807) is 19.1 Å². The van der Waals surface area contributed by atoms with Crippen LogP contribution in [0.5, 0.6) is 11.5 Å². The van der Waals surface area contributed by atoms with Crippen LogP contribution in [0.1, 0.15) is 25.5 Å². The van der Waals surface area contributed by atoms with Crippen molar-refractivity contribution in [2.75, 3.05) is 7.11 Å². The molecule has 2 rings (SSSR count). The third kappa shape index (κ3) is 2.45. The van der Waals surface area contributed by atoms with Crippen molar-refractivity contribution in [3.05, 3.63) is 35.0 Å². The number of rotatable bonds is 3. The summed E-state index contributed by atoms with van der Waals surface area (Å²) in [5.41, 5.74) is 1.60. The van der Waals surface area contributed by atoms with E-state index < -0.39 is 6.04 Å². The second-order valence-electron chi connectivity index (χ2n) is 4.56. The highest BCUT2D eigenvalue weighted by Gasteiger charge is 2.29. The number of nitrogens with one attached hydrogen (secondary N) is 2. The summed E-state index contributed by atoms with van der Waals surface area (Å²) in [6, 6.07) is 3.80. The van der Waals surface area contributed by atoms with Crippen LogP contribution in [0, 0.1) is 0 Å². The largest absolute Gasteiger partial charge is 0.504 e. The number of ether oxygens (including phenoxy) is 1. The number of urea groups is 1. The molecule has 1 unspecified atom stereocenters. The molecule has 0 radical (unpaired) electrons. The molecule has 0 aliphatic carbocycles. The van der Waals surface area contributed by atoms with E-state index in [1.165, 1.54) is 20.1 Å². The molecular formula is C14H16N2O4. The van der Waals surface area contributed by atoms with E-state index in [9.17, 15) is 14.7 Å². The second-order valence-corrected chi connectivity index (χ2v) is 4.56. The number of carbonyl (C=O) groups excluding carboxylic acids is 2. The molecule has 3 N–H and O–H groups in total. The molecule has 1 aromatic rings. The first kappa shape index (κ1) is 13.9. The Bertz CT molecular complexity index is 607. The van der Waals surface area contributed by atoms with E-state index in [4.69, 9.17) is 4.74 Å². The highest BCUT2D eigenvalue weighted by Crippen LogP contribution is 2.33. The molecule has 6 nitrogen and oxygen atoms in total. The molecule has 1 aliphatic rings. The smallest absolute Gasteiger partial charge is 0.319 e. The maximum absolute atomic E-state index is 11.8. The summed E-state index contributed by atoms with van der Waals surface area (Å²) >= 11 is 0. The van der Waals surface area contributed by atoms with Crippen molar-refractivity contribution in [2.45, 2.75) is 19.9 Å². The monoisotopic (exact) mass is 276 g/mol. The number of phenolic OH excluding ortho intramolecular Hbond substituents is 1. The number of methoxy groups -OCH3 is 1. The average Bonchev–Trinajstić information content (AvgIpc) is 2.37. The number of hydrogen-bond acceptors (Lipinski definition) is 4. The van der Waals surface area contributed by atoms with Crippen LogP contribution < -0.4 is 15.4 Å². The van der Waals surface area contributed by atoms with Gasteiger partial charge in [-0.15, -0.1) is 0 Å². The summed E-state index contributed by atoms with van der Waals surface area (Å²) in [7, 11) is 1.45. The summed E-state index contributed by atoms with van der Waals surface area (Å²) < 4.78 is 4.98. The molecule has 1 atom stereocenters. The Balaban J connectivity index is 2.49. The first-order valence-electron chi connectivity index (χ1n) is 6.10. The molecule has 1 aromatic carbocycles. The van der Waals surface area contributed by atoms with Gasteiger partial charge in [-0.3, -0.25) is 4.79 Å². The number of carbonyl (C=O) groups is 2. The average molecular weight is 276 g/mol. The van der Waals surface area contributed by atoms with E-state index >= 15 is 0 Å². The van der Waals surface area contributed by atoms with Crippen LogP contribution in [0.2, 0.25) is 0 Å². The van der Waals surface area contributed by atoms with E-state index in [2.05, 4.69) is 10.6 Å². The molecule has 6 heteroatoms. The number of ketones is 1. The minimum absolute atomic E-state index is 0.0432. The maximum atomic E-state index is 11.8. The topological polar surface area (TPSA) is 87.7 Å². The van der Waals surface area contributed by atoms with Crippen LogP contribution in [0.3, 0.4) is 0 Å². The Labute approximate surface area is 116 Å². The van der Waals surface area contributed by atoms with E-state index in [1.807, 2.05) is 0 Å². The van der Waals surface area contributed by atoms with E-state index in [0.717, 1.165) is 0 Å². The number of amides is 2. The van der Waals surface area contributed by atoms with Gasteiger partial charge in [-0.2, -0.15) is 0 Å². The highest BCUT2D eigenvalue weighted by molar-refractivity contribution is 5.98. The first-order valence-corrected chi connectivity index (χ1v) is 6.10. The Hall–Kier alpha value is -2.50. The zero-order chi connectivity index (χ0) is 14.9. The summed E-state index contributed by atoms with van der Waals surface area (Å²) in [6.45, 7) is 3.11. The standard InChI is InChI=1S/C14H16N2O4/c1-7-12(8(2)17)13(16-14(19)15-7)9-4-5-11(20-3)10(18)6-9/h4-6,13,18H,1-3H3,(H2,15,16,19). The molecule has 2 amide bonds. The number of benzene rings is 1. The van der Waals surface area contributed by atoms with Gasteiger partial charge in [0.15, 0.2) is 17.3 Å². The number of phenols is 1. The number of Topliss-reactive ketones (excluding diaryl/α,β-unsaturated/α-hetero) is 1. The Morgan fingerprint density at radius 2 is 2.10 bits per heavy atom. The van der Waals surface area contributed by atoms with Crippen LogP contribution in [0.25, 0.3) is 0 Å². The van der Waals surface area contributed by atoms with Gasteiger partial charge in [-0.25, -0.2) is 4.79 Å². The van der Waals surface area contributed by atoms with Gasteiger partial charge in [0.25, 0.3) is 0 Å². The third-order valence-electron chi connectivity index (χ3n) is 3.18. The SMILES string of the molecule is COc1ccc(C2NC(=O)NC(C)=C2C(C)=O)cc1O. The van der Waals surface area contributed by atoms with Gasteiger partial charge in [-0.05, 0) is 31.5 Å². The lowest BCUT2D eigenvalue weighted by Gasteiger charge is -2.28. The van der Waals surface area contributed by atoms with Crippen LogP contribution in [0.4, 0.5) is 4.79 Å². The molecule has 20 heavy (non-hydrogen) atoms. The maximum Gasteiger partial charge on any atom is 0.319 e. The zero-order valence-electron chi connectivity index (χ0n) is 11.5. The fraction of sp³-hybridized carbons (Fsp3) is 0.286. The van der Waals surface area contributed by atoms with Gasteiger partial charge in [-0.1, -0.05) is 6.07 Å². The van der Waals surface area contributed by atoms with Gasteiger partial charge < -0.3 is 20.5 Å². The van der Waals surface area contributed by atoms with E-state index in [0.29, 0.717) is 22.6 Å². The van der Waals surface area contributed by atoms with Crippen molar-refractivity contribution in [3.8, 4) is 11.5 Å². The third-order valence-corrected chi connectivity index (χ3v) is 3.18. The van der Waals surface area contributed by atoms with Crippen molar-refractivity contribution in [1.29, 1.82) is 0 Å². The molecule has 0 saturated heterocycles. The lowest BCUT2D eigenvalue weighted by atomic mass is 9.93. The van der Waals surface area contributed by atoms with Crippen molar-refractivity contribution >= 4 is 11.8 Å². The molecule has 1 aliphatic heterocycles.